The minimum Gasteiger partial charge on any atom is -0.356 e. The van der Waals surface area contributed by atoms with Gasteiger partial charge in [-0.15, -0.1) is 0 Å². The molecule has 0 aromatic heterocycles. The van der Waals surface area contributed by atoms with Crippen molar-refractivity contribution < 1.29 is 0 Å². The second-order valence-electron chi connectivity index (χ2n) is 3.88. The topological polar surface area (TPSA) is 55.3 Å². The molecule has 0 saturated carbocycles. The number of benzene rings is 1. The number of anilines is 1. The van der Waals surface area contributed by atoms with Gasteiger partial charge in [-0.1, -0.05) is 18.2 Å². The second kappa shape index (κ2) is 3.98. The summed E-state index contributed by atoms with van der Waals surface area (Å²) in [7, 11) is 0. The summed E-state index contributed by atoms with van der Waals surface area (Å²) in [6.07, 6.45) is 1.98. The van der Waals surface area contributed by atoms with Crippen molar-refractivity contribution in [1.29, 1.82) is 0 Å². The minimum atomic E-state index is 0.0705. The molecule has 1 heterocycles. The largest absolute Gasteiger partial charge is 0.356 e. The summed E-state index contributed by atoms with van der Waals surface area (Å²) in [6.45, 7) is 0.965. The highest BCUT2D eigenvalue weighted by Gasteiger charge is 2.23. The van der Waals surface area contributed by atoms with Crippen LogP contribution in [0.5, 0.6) is 0 Å². The van der Waals surface area contributed by atoms with Gasteiger partial charge in [0, 0.05) is 18.3 Å². The third kappa shape index (κ3) is 1.89. The molecule has 1 aliphatic heterocycles. The molecule has 76 valence electrons. The van der Waals surface area contributed by atoms with E-state index >= 15 is 0 Å². The van der Waals surface area contributed by atoms with Gasteiger partial charge in [-0.25, -0.2) is 0 Å². The molecule has 0 aliphatic carbocycles. The maximum absolute atomic E-state index is 6.05. The van der Waals surface area contributed by atoms with Gasteiger partial charge in [0.05, 0.1) is 6.17 Å². The first-order chi connectivity index (χ1) is 6.77. The zero-order valence-corrected chi connectivity index (χ0v) is 8.26. The Hall–Kier alpha value is -1.06. The number of rotatable bonds is 1. The van der Waals surface area contributed by atoms with Crippen LogP contribution in [0.2, 0.25) is 0 Å². The molecule has 1 aromatic rings. The molecule has 3 nitrogen and oxygen atoms in total. The van der Waals surface area contributed by atoms with Gasteiger partial charge in [0.2, 0.25) is 0 Å². The summed E-state index contributed by atoms with van der Waals surface area (Å²) >= 11 is 0. The van der Waals surface area contributed by atoms with Crippen molar-refractivity contribution in [2.24, 2.45) is 11.5 Å². The number of hydrogen-bond donors (Lipinski definition) is 2. The van der Waals surface area contributed by atoms with Gasteiger partial charge in [-0.05, 0) is 25.0 Å². The lowest BCUT2D eigenvalue weighted by Gasteiger charge is -2.37. The van der Waals surface area contributed by atoms with Crippen LogP contribution in [0.25, 0.3) is 0 Å². The van der Waals surface area contributed by atoms with Crippen LogP contribution in [0, 0.1) is 0 Å². The maximum atomic E-state index is 6.05. The van der Waals surface area contributed by atoms with Crippen molar-refractivity contribution >= 4 is 5.69 Å². The van der Waals surface area contributed by atoms with E-state index in [0.717, 1.165) is 19.4 Å². The van der Waals surface area contributed by atoms with Gasteiger partial charge < -0.3 is 16.4 Å². The SMILES string of the molecule is NC1CCN(c2ccccc2)C(N)C1. The summed E-state index contributed by atoms with van der Waals surface area (Å²) in [5.74, 6) is 0. The molecule has 14 heavy (non-hydrogen) atoms. The lowest BCUT2D eigenvalue weighted by molar-refractivity contribution is 0.418. The van der Waals surface area contributed by atoms with Crippen LogP contribution in [0.15, 0.2) is 30.3 Å². The van der Waals surface area contributed by atoms with Gasteiger partial charge in [0.1, 0.15) is 0 Å². The van der Waals surface area contributed by atoms with E-state index in [1.807, 2.05) is 18.2 Å². The highest BCUT2D eigenvalue weighted by Crippen LogP contribution is 2.21. The summed E-state index contributed by atoms with van der Waals surface area (Å²) in [4.78, 5) is 2.23. The minimum absolute atomic E-state index is 0.0705. The molecule has 0 radical (unpaired) electrons. The van der Waals surface area contributed by atoms with E-state index in [0.29, 0.717) is 0 Å². The quantitative estimate of drug-likeness (QED) is 0.693. The molecule has 2 unspecified atom stereocenters. The Balaban J connectivity index is 2.12. The normalized spacial score (nSPS) is 27.7. The van der Waals surface area contributed by atoms with Crippen molar-refractivity contribution in [3.8, 4) is 0 Å². The fraction of sp³-hybridized carbons (Fsp3) is 0.455. The average molecular weight is 191 g/mol. The van der Waals surface area contributed by atoms with E-state index < -0.39 is 0 Å². The highest BCUT2D eigenvalue weighted by molar-refractivity contribution is 5.47. The molecule has 2 atom stereocenters. The van der Waals surface area contributed by atoms with Crippen molar-refractivity contribution in [2.45, 2.75) is 25.0 Å². The Morgan fingerprint density at radius 3 is 2.50 bits per heavy atom. The van der Waals surface area contributed by atoms with E-state index in [9.17, 15) is 0 Å². The van der Waals surface area contributed by atoms with Crippen LogP contribution in [0.1, 0.15) is 12.8 Å². The number of nitrogens with zero attached hydrogens (tertiary/aromatic N) is 1. The first-order valence-electron chi connectivity index (χ1n) is 5.10. The Labute approximate surface area is 84.7 Å². The molecular weight excluding hydrogens is 174 g/mol. The standard InChI is InChI=1S/C11H17N3/c12-9-6-7-14(11(13)8-9)10-4-2-1-3-5-10/h1-5,9,11H,6-8,12-13H2. The zero-order valence-electron chi connectivity index (χ0n) is 8.26. The fourth-order valence-corrected chi connectivity index (χ4v) is 1.97. The summed E-state index contributed by atoms with van der Waals surface area (Å²) < 4.78 is 0. The zero-order chi connectivity index (χ0) is 9.97. The molecule has 1 fully saturated rings. The molecule has 0 spiro atoms. The lowest BCUT2D eigenvalue weighted by Crippen LogP contribution is -2.51. The van der Waals surface area contributed by atoms with Crippen molar-refractivity contribution in [3.63, 3.8) is 0 Å². The Kier molecular flexibility index (Phi) is 2.70. The summed E-state index contributed by atoms with van der Waals surface area (Å²) in [5.41, 5.74) is 13.1. The van der Waals surface area contributed by atoms with Crippen LogP contribution in [-0.4, -0.2) is 18.8 Å². The number of hydrogen-bond acceptors (Lipinski definition) is 3. The Bertz CT molecular complexity index is 286. The van der Waals surface area contributed by atoms with E-state index in [2.05, 4.69) is 17.0 Å². The molecule has 0 amide bonds. The lowest BCUT2D eigenvalue weighted by atomic mass is 10.0. The summed E-state index contributed by atoms with van der Waals surface area (Å²) in [5, 5.41) is 0. The molecule has 3 heteroatoms. The third-order valence-electron chi connectivity index (χ3n) is 2.77. The number of piperidine rings is 1. The van der Waals surface area contributed by atoms with Crippen LogP contribution >= 0.6 is 0 Å². The molecule has 1 aromatic carbocycles. The molecule has 0 bridgehead atoms. The van der Waals surface area contributed by atoms with Gasteiger partial charge in [-0.3, -0.25) is 0 Å². The molecular formula is C11H17N3. The predicted molar refractivity (Wildman–Crippen MR) is 59.0 cm³/mol. The van der Waals surface area contributed by atoms with Crippen LogP contribution in [0.3, 0.4) is 0 Å². The first kappa shape index (κ1) is 9.49. The average Bonchev–Trinajstić information content (AvgIpc) is 2.19. The number of nitrogens with two attached hydrogens (primary N) is 2. The van der Waals surface area contributed by atoms with Crippen LogP contribution in [-0.2, 0) is 0 Å². The second-order valence-corrected chi connectivity index (χ2v) is 3.88. The van der Waals surface area contributed by atoms with Gasteiger partial charge >= 0.3 is 0 Å². The van der Waals surface area contributed by atoms with E-state index in [1.54, 1.807) is 0 Å². The van der Waals surface area contributed by atoms with Gasteiger partial charge in [0.25, 0.3) is 0 Å². The maximum Gasteiger partial charge on any atom is 0.0785 e. The Morgan fingerprint density at radius 2 is 1.86 bits per heavy atom. The predicted octanol–water partition coefficient (Wildman–Crippen LogP) is 0.899. The summed E-state index contributed by atoms with van der Waals surface area (Å²) in [6, 6.07) is 10.6. The number of para-hydroxylation sites is 1. The van der Waals surface area contributed by atoms with Crippen LogP contribution in [0.4, 0.5) is 5.69 Å². The van der Waals surface area contributed by atoms with Crippen LogP contribution < -0.4 is 16.4 Å². The van der Waals surface area contributed by atoms with Gasteiger partial charge in [-0.2, -0.15) is 0 Å². The van der Waals surface area contributed by atoms with Crippen molar-refractivity contribution in [3.05, 3.63) is 30.3 Å². The monoisotopic (exact) mass is 191 g/mol. The van der Waals surface area contributed by atoms with E-state index in [-0.39, 0.29) is 12.2 Å². The Morgan fingerprint density at radius 1 is 1.14 bits per heavy atom. The van der Waals surface area contributed by atoms with Crippen molar-refractivity contribution in [2.75, 3.05) is 11.4 Å². The van der Waals surface area contributed by atoms with E-state index in [1.165, 1.54) is 5.69 Å². The highest BCUT2D eigenvalue weighted by atomic mass is 15.2. The smallest absolute Gasteiger partial charge is 0.0785 e. The first-order valence-corrected chi connectivity index (χ1v) is 5.10. The molecule has 1 aliphatic rings. The third-order valence-corrected chi connectivity index (χ3v) is 2.77. The van der Waals surface area contributed by atoms with Crippen molar-refractivity contribution in [1.82, 2.24) is 0 Å². The van der Waals surface area contributed by atoms with E-state index in [4.69, 9.17) is 11.5 Å². The molecule has 2 rings (SSSR count). The molecule has 4 N–H and O–H groups in total. The van der Waals surface area contributed by atoms with Gasteiger partial charge in [0.15, 0.2) is 0 Å². The molecule has 1 saturated heterocycles. The fourth-order valence-electron chi connectivity index (χ4n) is 1.97.